The lowest BCUT2D eigenvalue weighted by Gasteiger charge is -2.19. The molecule has 0 aliphatic heterocycles. The molecule has 0 saturated carbocycles. The summed E-state index contributed by atoms with van der Waals surface area (Å²) in [7, 11) is 0. The van der Waals surface area contributed by atoms with Gasteiger partial charge in [-0.05, 0) is 70.4 Å². The fourth-order valence-electron chi connectivity index (χ4n) is 2.23. The van der Waals surface area contributed by atoms with Gasteiger partial charge in [-0.3, -0.25) is 0 Å². The van der Waals surface area contributed by atoms with Gasteiger partial charge in [-0.1, -0.05) is 40.5 Å². The Bertz CT molecular complexity index is 613. The van der Waals surface area contributed by atoms with Gasteiger partial charge in [-0.25, -0.2) is 4.39 Å². The number of benzene rings is 2. The summed E-state index contributed by atoms with van der Waals surface area (Å²) in [6.45, 7) is 2.91. The van der Waals surface area contributed by atoms with Gasteiger partial charge in [0, 0.05) is 15.5 Å². The van der Waals surface area contributed by atoms with E-state index < -0.39 is 0 Å². The average Bonchev–Trinajstić information content (AvgIpc) is 2.41. The molecule has 0 fully saturated rings. The van der Waals surface area contributed by atoms with E-state index in [1.807, 2.05) is 24.3 Å². The fraction of sp³-hybridized carbons (Fsp3) is 0.250. The summed E-state index contributed by atoms with van der Waals surface area (Å²) in [6, 6.07) is 11.1. The van der Waals surface area contributed by atoms with Crippen LogP contribution in [0.15, 0.2) is 45.3 Å². The molecule has 0 aliphatic rings. The molecule has 0 saturated heterocycles. The maximum atomic E-state index is 13.3. The predicted molar refractivity (Wildman–Crippen MR) is 93.4 cm³/mol. The Labute approximate surface area is 146 Å². The van der Waals surface area contributed by atoms with Crippen molar-refractivity contribution in [2.75, 3.05) is 6.54 Å². The summed E-state index contributed by atoms with van der Waals surface area (Å²) >= 11 is 12.8. The zero-order valence-electron chi connectivity index (χ0n) is 11.5. The lowest BCUT2D eigenvalue weighted by Crippen LogP contribution is -2.23. The number of halogens is 4. The van der Waals surface area contributed by atoms with E-state index in [-0.39, 0.29) is 11.9 Å². The molecule has 1 unspecified atom stereocenters. The van der Waals surface area contributed by atoms with Crippen molar-refractivity contribution in [1.82, 2.24) is 5.32 Å². The molecule has 2 aromatic carbocycles. The molecule has 0 aromatic heterocycles. The van der Waals surface area contributed by atoms with Crippen LogP contribution in [0, 0.1) is 5.82 Å². The molecule has 2 rings (SSSR count). The van der Waals surface area contributed by atoms with Gasteiger partial charge >= 0.3 is 0 Å². The minimum absolute atomic E-state index is 0.127. The van der Waals surface area contributed by atoms with Crippen LogP contribution in [-0.2, 0) is 6.42 Å². The zero-order chi connectivity index (χ0) is 15.4. The molecule has 0 bridgehead atoms. The Kier molecular flexibility index (Phi) is 6.23. The summed E-state index contributed by atoms with van der Waals surface area (Å²) < 4.78 is 14.8. The number of hydrogen-bond donors (Lipinski definition) is 1. The third kappa shape index (κ3) is 4.78. The molecule has 112 valence electrons. The molecule has 0 radical (unpaired) electrons. The van der Waals surface area contributed by atoms with E-state index in [4.69, 9.17) is 11.6 Å². The predicted octanol–water partition coefficient (Wildman–Crippen LogP) is 5.90. The van der Waals surface area contributed by atoms with Crippen LogP contribution in [0.25, 0.3) is 0 Å². The Balaban J connectivity index is 2.27. The van der Waals surface area contributed by atoms with Gasteiger partial charge in [0.05, 0.1) is 4.47 Å². The summed E-state index contributed by atoms with van der Waals surface area (Å²) in [5.41, 5.74) is 2.17. The van der Waals surface area contributed by atoms with Gasteiger partial charge in [0.15, 0.2) is 0 Å². The van der Waals surface area contributed by atoms with E-state index in [9.17, 15) is 4.39 Å². The molecule has 0 heterocycles. The van der Waals surface area contributed by atoms with Crippen molar-refractivity contribution in [1.29, 1.82) is 0 Å². The van der Waals surface area contributed by atoms with E-state index >= 15 is 0 Å². The Morgan fingerprint density at radius 2 is 1.95 bits per heavy atom. The van der Waals surface area contributed by atoms with E-state index in [2.05, 4.69) is 50.2 Å². The Hall–Kier alpha value is -0.420. The quantitative estimate of drug-likeness (QED) is 0.617. The average molecular weight is 436 g/mol. The van der Waals surface area contributed by atoms with Crippen LogP contribution in [0.4, 0.5) is 4.39 Å². The van der Waals surface area contributed by atoms with Crippen molar-refractivity contribution in [3.8, 4) is 0 Å². The van der Waals surface area contributed by atoms with Crippen LogP contribution < -0.4 is 5.32 Å². The second-order valence-corrected chi connectivity index (χ2v) is 6.97. The standard InChI is InChI=1S/C16H15Br2ClFN/c1-2-21-16(11-7-12(17)9-13(19)8-11)6-10-3-4-15(20)14(18)5-10/h3-5,7-9,16,21H,2,6H2,1H3. The molecule has 0 amide bonds. The molecule has 1 atom stereocenters. The van der Waals surface area contributed by atoms with Gasteiger partial charge in [0.1, 0.15) is 5.82 Å². The van der Waals surface area contributed by atoms with Crippen LogP contribution in [-0.4, -0.2) is 6.54 Å². The SMILES string of the molecule is CCNC(Cc1ccc(F)c(Br)c1)c1cc(Cl)cc(Br)c1. The molecule has 2 aromatic rings. The molecule has 1 N–H and O–H groups in total. The molecule has 0 aliphatic carbocycles. The second kappa shape index (κ2) is 7.73. The summed E-state index contributed by atoms with van der Waals surface area (Å²) in [5.74, 6) is -0.246. The second-order valence-electron chi connectivity index (χ2n) is 4.77. The van der Waals surface area contributed by atoms with Crippen LogP contribution >= 0.6 is 43.5 Å². The number of rotatable bonds is 5. The summed E-state index contributed by atoms with van der Waals surface area (Å²) in [6.07, 6.45) is 0.763. The number of nitrogens with one attached hydrogen (secondary N) is 1. The van der Waals surface area contributed by atoms with Crippen molar-refractivity contribution in [3.63, 3.8) is 0 Å². The van der Waals surface area contributed by atoms with Crippen molar-refractivity contribution in [3.05, 3.63) is 67.3 Å². The zero-order valence-corrected chi connectivity index (χ0v) is 15.4. The van der Waals surface area contributed by atoms with Gasteiger partial charge in [0.25, 0.3) is 0 Å². The van der Waals surface area contributed by atoms with Gasteiger partial charge in [-0.2, -0.15) is 0 Å². The summed E-state index contributed by atoms with van der Waals surface area (Å²) in [5, 5.41) is 4.14. The van der Waals surface area contributed by atoms with Crippen molar-refractivity contribution >= 4 is 43.5 Å². The monoisotopic (exact) mass is 433 g/mol. The van der Waals surface area contributed by atoms with Crippen molar-refractivity contribution in [2.45, 2.75) is 19.4 Å². The van der Waals surface area contributed by atoms with E-state index in [1.165, 1.54) is 6.07 Å². The normalized spacial score (nSPS) is 12.4. The third-order valence-electron chi connectivity index (χ3n) is 3.16. The molecule has 5 heteroatoms. The van der Waals surface area contributed by atoms with Gasteiger partial charge in [-0.15, -0.1) is 0 Å². The molecule has 21 heavy (non-hydrogen) atoms. The van der Waals surface area contributed by atoms with Crippen molar-refractivity contribution in [2.24, 2.45) is 0 Å². The third-order valence-corrected chi connectivity index (χ3v) is 4.45. The highest BCUT2D eigenvalue weighted by Gasteiger charge is 2.13. The van der Waals surface area contributed by atoms with Crippen LogP contribution in [0.1, 0.15) is 24.1 Å². The first-order valence-corrected chi connectivity index (χ1v) is 8.59. The smallest absolute Gasteiger partial charge is 0.137 e. The molecular formula is C16H15Br2ClFN. The number of likely N-dealkylation sites (N-methyl/N-ethyl adjacent to an activating group) is 1. The minimum Gasteiger partial charge on any atom is -0.310 e. The molecule has 0 spiro atoms. The highest BCUT2D eigenvalue weighted by Crippen LogP contribution is 2.27. The lowest BCUT2D eigenvalue weighted by molar-refractivity contribution is 0.548. The molecule has 1 nitrogen and oxygen atoms in total. The topological polar surface area (TPSA) is 12.0 Å². The minimum atomic E-state index is -0.246. The van der Waals surface area contributed by atoms with Crippen molar-refractivity contribution < 1.29 is 4.39 Å². The van der Waals surface area contributed by atoms with Crippen LogP contribution in [0.3, 0.4) is 0 Å². The Morgan fingerprint density at radius 1 is 1.19 bits per heavy atom. The first kappa shape index (κ1) is 16.9. The first-order chi connectivity index (χ1) is 9.99. The first-order valence-electron chi connectivity index (χ1n) is 6.63. The maximum absolute atomic E-state index is 13.3. The highest BCUT2D eigenvalue weighted by molar-refractivity contribution is 9.10. The summed E-state index contributed by atoms with van der Waals surface area (Å²) in [4.78, 5) is 0. The highest BCUT2D eigenvalue weighted by atomic mass is 79.9. The lowest BCUT2D eigenvalue weighted by atomic mass is 9.99. The van der Waals surface area contributed by atoms with Gasteiger partial charge < -0.3 is 5.32 Å². The van der Waals surface area contributed by atoms with E-state index in [1.54, 1.807) is 0 Å². The molecular weight excluding hydrogens is 420 g/mol. The van der Waals surface area contributed by atoms with E-state index in [0.717, 1.165) is 28.6 Å². The van der Waals surface area contributed by atoms with Crippen LogP contribution in [0.2, 0.25) is 5.02 Å². The maximum Gasteiger partial charge on any atom is 0.137 e. The van der Waals surface area contributed by atoms with Crippen LogP contribution in [0.5, 0.6) is 0 Å². The largest absolute Gasteiger partial charge is 0.310 e. The number of hydrogen-bond acceptors (Lipinski definition) is 1. The van der Waals surface area contributed by atoms with Gasteiger partial charge in [0.2, 0.25) is 0 Å². The van der Waals surface area contributed by atoms with E-state index in [0.29, 0.717) is 9.50 Å². The fourth-order valence-corrected chi connectivity index (χ4v) is 3.55. The Morgan fingerprint density at radius 3 is 2.57 bits per heavy atom.